The smallest absolute Gasteiger partial charge is 0.247 e. The van der Waals surface area contributed by atoms with Crippen LogP contribution in [0.3, 0.4) is 0 Å². The van der Waals surface area contributed by atoms with Gasteiger partial charge >= 0.3 is 0 Å². The van der Waals surface area contributed by atoms with Crippen LogP contribution in [0.5, 0.6) is 0 Å². The molecule has 3 aliphatic heterocycles. The molecule has 2 bridgehead atoms. The van der Waals surface area contributed by atoms with E-state index in [-0.39, 0.29) is 36.1 Å². The zero-order valence-corrected chi connectivity index (χ0v) is 20.9. The van der Waals surface area contributed by atoms with Gasteiger partial charge in [-0.25, -0.2) is 0 Å². The first-order chi connectivity index (χ1) is 15.9. The highest BCUT2D eigenvalue weighted by atomic mass is 32.2. The number of aliphatic hydroxyl groups is 1. The standard InChI is InChI=1S/C25H39N3O4S/c1-5-9-15-27(14-8-4)24(32)21-25-11-10-18(33-25)19(20(25)23(31)28(21)16-17-29)22(30)26(12-6-2)13-7-3/h6,8,18-21,29H,2,4-5,7,9-17H2,1,3H3/t18-,19+,20+,21?,25?/m1/s1. The first-order valence-corrected chi connectivity index (χ1v) is 13.2. The van der Waals surface area contributed by atoms with Crippen LogP contribution in [0.4, 0.5) is 0 Å². The molecule has 0 aromatic carbocycles. The van der Waals surface area contributed by atoms with E-state index in [4.69, 9.17) is 0 Å². The molecule has 3 amide bonds. The Labute approximate surface area is 202 Å². The van der Waals surface area contributed by atoms with Gasteiger partial charge in [0.15, 0.2) is 0 Å². The van der Waals surface area contributed by atoms with Crippen molar-refractivity contribution < 1.29 is 19.5 Å². The molecule has 0 saturated carbocycles. The molecule has 0 aliphatic carbocycles. The summed E-state index contributed by atoms with van der Waals surface area (Å²) in [7, 11) is 0. The van der Waals surface area contributed by atoms with E-state index in [1.54, 1.807) is 38.6 Å². The average Bonchev–Trinajstić information content (AvgIpc) is 3.44. The molecule has 7 nitrogen and oxygen atoms in total. The maximum absolute atomic E-state index is 13.9. The fraction of sp³-hybridized carbons (Fsp3) is 0.720. The Kier molecular flexibility index (Phi) is 8.67. The molecule has 0 radical (unpaired) electrons. The summed E-state index contributed by atoms with van der Waals surface area (Å²) in [6.07, 6.45) is 7.69. The van der Waals surface area contributed by atoms with Crippen LogP contribution in [0.25, 0.3) is 0 Å². The van der Waals surface area contributed by atoms with E-state index in [1.165, 1.54) is 0 Å². The van der Waals surface area contributed by atoms with Gasteiger partial charge in [-0.2, -0.15) is 0 Å². The molecule has 3 rings (SSSR count). The van der Waals surface area contributed by atoms with Gasteiger partial charge in [0.05, 0.1) is 23.2 Å². The van der Waals surface area contributed by atoms with Crippen LogP contribution < -0.4 is 0 Å². The lowest BCUT2D eigenvalue weighted by Gasteiger charge is -2.37. The summed E-state index contributed by atoms with van der Waals surface area (Å²) in [5, 5.41) is 9.78. The maximum atomic E-state index is 13.9. The summed E-state index contributed by atoms with van der Waals surface area (Å²) in [6.45, 7) is 13.7. The lowest BCUT2D eigenvalue weighted by atomic mass is 9.70. The third-order valence-electron chi connectivity index (χ3n) is 7.26. The fourth-order valence-electron chi connectivity index (χ4n) is 5.96. The number of unbranched alkanes of at least 4 members (excludes halogenated alkanes) is 1. The molecule has 3 aliphatic rings. The Hall–Kier alpha value is -1.80. The van der Waals surface area contributed by atoms with Crippen LogP contribution in [0.2, 0.25) is 0 Å². The Bertz CT molecular complexity index is 775. The molecule has 8 heteroatoms. The Morgan fingerprint density at radius 1 is 1.15 bits per heavy atom. The SMILES string of the molecule is C=CCN(CCCC)C(=O)C1N(CCO)C(=O)[C@@H]2[C@@H](C(=O)N(CC=C)CCC)[C@H]3CCC12S3. The minimum Gasteiger partial charge on any atom is -0.395 e. The average molecular weight is 478 g/mol. The highest BCUT2D eigenvalue weighted by Crippen LogP contribution is 2.66. The molecule has 1 spiro atoms. The largest absolute Gasteiger partial charge is 0.395 e. The normalized spacial score (nSPS) is 29.8. The first kappa shape index (κ1) is 25.8. The van der Waals surface area contributed by atoms with Crippen molar-refractivity contribution in [3.8, 4) is 0 Å². The van der Waals surface area contributed by atoms with E-state index in [2.05, 4.69) is 20.1 Å². The Morgan fingerprint density at radius 3 is 2.39 bits per heavy atom. The van der Waals surface area contributed by atoms with Crippen LogP contribution in [0.1, 0.15) is 46.0 Å². The number of thioether (sulfide) groups is 1. The van der Waals surface area contributed by atoms with Crippen molar-refractivity contribution in [3.05, 3.63) is 25.3 Å². The molecular formula is C25H39N3O4S. The molecule has 5 atom stereocenters. The lowest BCUT2D eigenvalue weighted by molar-refractivity contribution is -0.145. The lowest BCUT2D eigenvalue weighted by Crippen LogP contribution is -2.55. The summed E-state index contributed by atoms with van der Waals surface area (Å²) >= 11 is 1.68. The van der Waals surface area contributed by atoms with Gasteiger partial charge in [0.25, 0.3) is 0 Å². The monoisotopic (exact) mass is 477 g/mol. The zero-order chi connectivity index (χ0) is 24.2. The van der Waals surface area contributed by atoms with Gasteiger partial charge < -0.3 is 19.8 Å². The maximum Gasteiger partial charge on any atom is 0.247 e. The molecule has 3 fully saturated rings. The van der Waals surface area contributed by atoms with Crippen LogP contribution in [0.15, 0.2) is 25.3 Å². The molecule has 184 valence electrons. The number of carbonyl (C=O) groups excluding carboxylic acids is 3. The summed E-state index contributed by atoms with van der Waals surface area (Å²) in [5.41, 5.74) is 0. The third kappa shape index (κ3) is 4.48. The minimum atomic E-state index is -0.647. The van der Waals surface area contributed by atoms with Crippen molar-refractivity contribution in [2.75, 3.05) is 39.3 Å². The number of amides is 3. The topological polar surface area (TPSA) is 81.2 Å². The van der Waals surface area contributed by atoms with Gasteiger partial charge in [-0.1, -0.05) is 32.4 Å². The quantitative estimate of drug-likeness (QED) is 0.412. The van der Waals surface area contributed by atoms with Crippen LogP contribution in [0, 0.1) is 11.8 Å². The van der Waals surface area contributed by atoms with E-state index >= 15 is 0 Å². The van der Waals surface area contributed by atoms with Crippen molar-refractivity contribution >= 4 is 29.5 Å². The summed E-state index contributed by atoms with van der Waals surface area (Å²) in [6, 6.07) is -0.647. The number of aliphatic hydroxyl groups excluding tert-OH is 1. The second-order valence-corrected chi connectivity index (χ2v) is 10.9. The molecule has 0 aromatic rings. The fourth-order valence-corrected chi connectivity index (χ4v) is 8.17. The van der Waals surface area contributed by atoms with Gasteiger partial charge in [0.1, 0.15) is 6.04 Å². The molecule has 3 heterocycles. The second-order valence-electron chi connectivity index (χ2n) is 9.31. The van der Waals surface area contributed by atoms with E-state index in [9.17, 15) is 19.5 Å². The predicted octanol–water partition coefficient (Wildman–Crippen LogP) is 2.31. The van der Waals surface area contributed by atoms with Crippen molar-refractivity contribution in [1.29, 1.82) is 0 Å². The van der Waals surface area contributed by atoms with Gasteiger partial charge in [-0.15, -0.1) is 24.9 Å². The number of β-amino-alcohol motifs (C(OH)–C–C–N with tert-alkyl or cyclic N) is 1. The summed E-state index contributed by atoms with van der Waals surface area (Å²) in [5.74, 6) is -1.18. The number of hydrogen-bond acceptors (Lipinski definition) is 5. The van der Waals surface area contributed by atoms with Gasteiger partial charge in [0.2, 0.25) is 17.7 Å². The second kappa shape index (κ2) is 11.1. The van der Waals surface area contributed by atoms with Gasteiger partial charge in [0, 0.05) is 38.0 Å². The summed E-state index contributed by atoms with van der Waals surface area (Å²) in [4.78, 5) is 46.5. The number of hydrogen-bond donors (Lipinski definition) is 1. The molecule has 0 aromatic heterocycles. The first-order valence-electron chi connectivity index (χ1n) is 12.3. The van der Waals surface area contributed by atoms with Gasteiger partial charge in [-0.3, -0.25) is 14.4 Å². The third-order valence-corrected chi connectivity index (χ3v) is 9.21. The predicted molar refractivity (Wildman–Crippen MR) is 132 cm³/mol. The molecule has 3 saturated heterocycles. The zero-order valence-electron chi connectivity index (χ0n) is 20.1. The summed E-state index contributed by atoms with van der Waals surface area (Å²) < 4.78 is -0.605. The van der Waals surface area contributed by atoms with Gasteiger partial charge in [-0.05, 0) is 25.7 Å². The van der Waals surface area contributed by atoms with Crippen molar-refractivity contribution in [1.82, 2.24) is 14.7 Å². The van der Waals surface area contributed by atoms with Crippen LogP contribution in [-0.2, 0) is 14.4 Å². The number of fused-ring (bicyclic) bond motifs is 1. The van der Waals surface area contributed by atoms with E-state index in [1.807, 2.05) is 6.92 Å². The highest BCUT2D eigenvalue weighted by Gasteiger charge is 2.73. The van der Waals surface area contributed by atoms with E-state index in [0.717, 1.165) is 32.1 Å². The van der Waals surface area contributed by atoms with Crippen molar-refractivity contribution in [2.24, 2.45) is 11.8 Å². The minimum absolute atomic E-state index is 0.000142. The Morgan fingerprint density at radius 2 is 1.82 bits per heavy atom. The van der Waals surface area contributed by atoms with Crippen molar-refractivity contribution in [3.63, 3.8) is 0 Å². The van der Waals surface area contributed by atoms with E-state index < -0.39 is 22.6 Å². The number of nitrogens with zero attached hydrogens (tertiary/aromatic N) is 3. The van der Waals surface area contributed by atoms with Crippen LogP contribution >= 0.6 is 11.8 Å². The van der Waals surface area contributed by atoms with Crippen molar-refractivity contribution in [2.45, 2.75) is 62.0 Å². The molecule has 33 heavy (non-hydrogen) atoms. The number of carbonyl (C=O) groups is 3. The van der Waals surface area contributed by atoms with Crippen LogP contribution in [-0.4, -0.2) is 92.9 Å². The molecule has 1 N–H and O–H groups in total. The molecular weight excluding hydrogens is 438 g/mol. The molecule has 2 unspecified atom stereocenters. The number of likely N-dealkylation sites (tertiary alicyclic amines) is 1. The van der Waals surface area contributed by atoms with E-state index in [0.29, 0.717) is 26.2 Å². The number of rotatable bonds is 13. The highest BCUT2D eigenvalue weighted by molar-refractivity contribution is 8.02. The Balaban J connectivity index is 1.98.